The lowest BCUT2D eigenvalue weighted by Gasteiger charge is -2.09. The van der Waals surface area contributed by atoms with Crippen LogP contribution in [0.4, 0.5) is 5.00 Å². The summed E-state index contributed by atoms with van der Waals surface area (Å²) in [6, 6.07) is 14.0. The molecule has 3 aromatic rings. The summed E-state index contributed by atoms with van der Waals surface area (Å²) < 4.78 is 10.3. The van der Waals surface area contributed by atoms with Gasteiger partial charge >= 0.3 is 5.97 Å². The van der Waals surface area contributed by atoms with Gasteiger partial charge in [-0.15, -0.1) is 11.3 Å². The third kappa shape index (κ3) is 5.40. The van der Waals surface area contributed by atoms with Crippen molar-refractivity contribution in [3.8, 4) is 28.7 Å². The first-order valence-electron chi connectivity index (χ1n) is 10.0. The number of nitrogens with one attached hydrogen (secondary N) is 1. The molecule has 0 aliphatic rings. The normalized spacial score (nSPS) is 10.9. The molecule has 0 unspecified atom stereocenters. The summed E-state index contributed by atoms with van der Waals surface area (Å²) in [5, 5.41) is 24.0. The van der Waals surface area contributed by atoms with E-state index in [0.717, 1.165) is 11.1 Å². The van der Waals surface area contributed by atoms with E-state index in [1.165, 1.54) is 36.7 Å². The maximum atomic E-state index is 12.9. The first kappa shape index (κ1) is 23.6. The molecule has 0 spiro atoms. The minimum absolute atomic E-state index is 0.0566. The van der Waals surface area contributed by atoms with Crippen molar-refractivity contribution < 1.29 is 24.2 Å². The number of nitriles is 1. The molecular weight excluding hydrogens is 440 g/mol. The largest absolute Gasteiger partial charge is 0.504 e. The van der Waals surface area contributed by atoms with Crippen LogP contribution >= 0.6 is 11.3 Å². The molecule has 8 heteroatoms. The van der Waals surface area contributed by atoms with Gasteiger partial charge in [0, 0.05) is 10.9 Å². The van der Waals surface area contributed by atoms with Gasteiger partial charge in [-0.1, -0.05) is 35.9 Å². The Hall–Kier alpha value is -4.09. The van der Waals surface area contributed by atoms with Crippen molar-refractivity contribution in [1.29, 1.82) is 5.26 Å². The van der Waals surface area contributed by atoms with E-state index in [0.29, 0.717) is 16.1 Å². The minimum atomic E-state index is -0.674. The Bertz CT molecular complexity index is 1250. The molecule has 0 radical (unpaired) electrons. The summed E-state index contributed by atoms with van der Waals surface area (Å²) in [5.74, 6) is -1.08. The number of esters is 1. The van der Waals surface area contributed by atoms with Crippen LogP contribution in [-0.4, -0.2) is 30.7 Å². The van der Waals surface area contributed by atoms with Crippen molar-refractivity contribution >= 4 is 34.3 Å². The van der Waals surface area contributed by atoms with Crippen LogP contribution in [0.25, 0.3) is 17.2 Å². The molecule has 7 nitrogen and oxygen atoms in total. The zero-order valence-corrected chi connectivity index (χ0v) is 19.2. The van der Waals surface area contributed by atoms with Gasteiger partial charge in [-0.3, -0.25) is 4.79 Å². The van der Waals surface area contributed by atoms with Crippen LogP contribution in [-0.2, 0) is 9.53 Å². The summed E-state index contributed by atoms with van der Waals surface area (Å²) in [7, 11) is 1.40. The van der Waals surface area contributed by atoms with Gasteiger partial charge in [0.05, 0.1) is 13.7 Å². The Morgan fingerprint density at radius 1 is 1.21 bits per heavy atom. The Kier molecular flexibility index (Phi) is 7.49. The number of phenolic OH excluding ortho intramolecular Hbond substituents is 1. The van der Waals surface area contributed by atoms with E-state index in [2.05, 4.69) is 5.32 Å². The Morgan fingerprint density at radius 3 is 2.58 bits per heavy atom. The average Bonchev–Trinajstić information content (AvgIpc) is 3.22. The molecule has 0 saturated carbocycles. The molecule has 0 bridgehead atoms. The van der Waals surface area contributed by atoms with Gasteiger partial charge in [0.15, 0.2) is 11.5 Å². The predicted molar refractivity (Wildman–Crippen MR) is 127 cm³/mol. The van der Waals surface area contributed by atoms with Crippen LogP contribution in [0.1, 0.15) is 28.4 Å². The lowest BCUT2D eigenvalue weighted by molar-refractivity contribution is -0.112. The maximum absolute atomic E-state index is 12.9. The number of carbonyl (C=O) groups is 2. The molecule has 3 rings (SSSR count). The second kappa shape index (κ2) is 10.5. The van der Waals surface area contributed by atoms with E-state index in [9.17, 15) is 20.0 Å². The SMILES string of the molecule is CCOC(=O)c1c(-c2ccc(C)cc2)csc1NC(=O)/C(C#N)=C/c1ccc(O)c(OC)c1. The molecule has 1 aromatic heterocycles. The number of ether oxygens (including phenoxy) is 2. The molecule has 1 amide bonds. The number of carbonyl (C=O) groups excluding carboxylic acids is 2. The second-order valence-electron chi connectivity index (χ2n) is 7.00. The highest BCUT2D eigenvalue weighted by atomic mass is 32.1. The van der Waals surface area contributed by atoms with Crippen LogP contribution in [0, 0.1) is 18.3 Å². The second-order valence-corrected chi connectivity index (χ2v) is 7.87. The van der Waals surface area contributed by atoms with Crippen molar-refractivity contribution in [2.24, 2.45) is 0 Å². The van der Waals surface area contributed by atoms with Crippen LogP contribution in [0.5, 0.6) is 11.5 Å². The summed E-state index contributed by atoms with van der Waals surface area (Å²) in [4.78, 5) is 25.6. The van der Waals surface area contributed by atoms with Crippen molar-refractivity contribution in [1.82, 2.24) is 0 Å². The molecule has 168 valence electrons. The topological polar surface area (TPSA) is 109 Å². The first-order valence-corrected chi connectivity index (χ1v) is 10.9. The number of rotatable bonds is 7. The first-order chi connectivity index (χ1) is 15.9. The monoisotopic (exact) mass is 462 g/mol. The van der Waals surface area contributed by atoms with Crippen molar-refractivity contribution in [3.05, 3.63) is 70.1 Å². The van der Waals surface area contributed by atoms with Gasteiger partial charge < -0.3 is 19.9 Å². The molecular formula is C25H22N2O5S. The Balaban J connectivity index is 1.96. The number of amides is 1. The van der Waals surface area contributed by atoms with Gasteiger partial charge in [0.25, 0.3) is 5.91 Å². The number of aromatic hydroxyl groups is 1. The molecule has 2 N–H and O–H groups in total. The standard InChI is InChI=1S/C25H22N2O5S/c1-4-32-25(30)22-19(17-8-5-15(2)6-9-17)14-33-24(22)27-23(29)18(13-26)11-16-7-10-20(28)21(12-16)31-3/h5-12,14,28H,4H2,1-3H3,(H,27,29)/b18-11+. The van der Waals surface area contributed by atoms with E-state index in [4.69, 9.17) is 9.47 Å². The fourth-order valence-electron chi connectivity index (χ4n) is 3.07. The lowest BCUT2D eigenvalue weighted by atomic mass is 10.0. The van der Waals surface area contributed by atoms with Crippen LogP contribution < -0.4 is 10.1 Å². The molecule has 33 heavy (non-hydrogen) atoms. The zero-order chi connectivity index (χ0) is 24.0. The van der Waals surface area contributed by atoms with Gasteiger partial charge in [0.1, 0.15) is 22.2 Å². The maximum Gasteiger partial charge on any atom is 0.341 e. The number of benzene rings is 2. The highest BCUT2D eigenvalue weighted by Crippen LogP contribution is 2.36. The molecule has 2 aromatic carbocycles. The highest BCUT2D eigenvalue weighted by molar-refractivity contribution is 7.15. The molecule has 0 aliphatic heterocycles. The number of methoxy groups -OCH3 is 1. The number of hydrogen-bond donors (Lipinski definition) is 2. The van der Waals surface area contributed by atoms with E-state index in [1.807, 2.05) is 37.3 Å². The van der Waals surface area contributed by atoms with Gasteiger partial charge in [0.2, 0.25) is 0 Å². The fraction of sp³-hybridized carbons (Fsp3) is 0.160. The zero-order valence-electron chi connectivity index (χ0n) is 18.3. The molecule has 0 atom stereocenters. The quantitative estimate of drug-likeness (QED) is 0.285. The number of nitrogens with zero attached hydrogens (tertiary/aromatic N) is 1. The van der Waals surface area contributed by atoms with Gasteiger partial charge in [-0.2, -0.15) is 5.26 Å². The van der Waals surface area contributed by atoms with E-state index in [1.54, 1.807) is 18.4 Å². The molecule has 0 aliphatic carbocycles. The van der Waals surface area contributed by atoms with Crippen LogP contribution in [0.3, 0.4) is 0 Å². The smallest absolute Gasteiger partial charge is 0.341 e. The van der Waals surface area contributed by atoms with E-state index < -0.39 is 11.9 Å². The van der Waals surface area contributed by atoms with Gasteiger partial charge in [-0.25, -0.2) is 4.79 Å². The van der Waals surface area contributed by atoms with Crippen molar-refractivity contribution in [2.75, 3.05) is 19.0 Å². The predicted octanol–water partition coefficient (Wildman–Crippen LogP) is 5.16. The number of hydrogen-bond acceptors (Lipinski definition) is 7. The number of anilines is 1. The van der Waals surface area contributed by atoms with Gasteiger partial charge in [-0.05, 0) is 43.2 Å². The summed E-state index contributed by atoms with van der Waals surface area (Å²) >= 11 is 1.18. The third-order valence-corrected chi connectivity index (χ3v) is 5.64. The molecule has 1 heterocycles. The van der Waals surface area contributed by atoms with Crippen molar-refractivity contribution in [2.45, 2.75) is 13.8 Å². The van der Waals surface area contributed by atoms with E-state index in [-0.39, 0.29) is 29.2 Å². The Labute approximate surface area is 195 Å². The number of thiophene rings is 1. The fourth-order valence-corrected chi connectivity index (χ4v) is 4.02. The highest BCUT2D eigenvalue weighted by Gasteiger charge is 2.23. The summed E-state index contributed by atoms with van der Waals surface area (Å²) in [6.45, 7) is 3.85. The number of phenols is 1. The third-order valence-electron chi connectivity index (χ3n) is 4.74. The Morgan fingerprint density at radius 2 is 1.94 bits per heavy atom. The number of aryl methyl sites for hydroxylation is 1. The van der Waals surface area contributed by atoms with Crippen LogP contribution in [0.15, 0.2) is 53.4 Å². The molecule has 0 fully saturated rings. The summed E-state index contributed by atoms with van der Waals surface area (Å²) in [6.07, 6.45) is 1.37. The minimum Gasteiger partial charge on any atom is -0.504 e. The average molecular weight is 463 g/mol. The molecule has 0 saturated heterocycles. The van der Waals surface area contributed by atoms with E-state index >= 15 is 0 Å². The van der Waals surface area contributed by atoms with Crippen molar-refractivity contribution in [3.63, 3.8) is 0 Å². The van der Waals surface area contributed by atoms with Crippen LogP contribution in [0.2, 0.25) is 0 Å². The summed E-state index contributed by atoms with van der Waals surface area (Å²) in [5.41, 5.74) is 3.08. The lowest BCUT2D eigenvalue weighted by Crippen LogP contribution is -2.16.